The van der Waals surface area contributed by atoms with Crippen LogP contribution in [0.4, 0.5) is 4.39 Å². The summed E-state index contributed by atoms with van der Waals surface area (Å²) in [4.78, 5) is 15.3. The predicted molar refractivity (Wildman–Crippen MR) is 107 cm³/mol. The number of Topliss-reactive ketones (excluding diaryl/α,β-unsaturated/α-hetero) is 1. The van der Waals surface area contributed by atoms with E-state index >= 15 is 0 Å². The van der Waals surface area contributed by atoms with E-state index in [0.29, 0.717) is 17.7 Å². The second kappa shape index (κ2) is 8.07. The Morgan fingerprint density at radius 2 is 2.04 bits per heavy atom. The summed E-state index contributed by atoms with van der Waals surface area (Å²) in [7, 11) is 1.90. The average Bonchev–Trinajstić information content (AvgIpc) is 3.12. The van der Waals surface area contributed by atoms with Crippen LogP contribution in [0.15, 0.2) is 60.9 Å². The number of rotatable bonds is 5. The van der Waals surface area contributed by atoms with Gasteiger partial charge in [0, 0.05) is 48.9 Å². The van der Waals surface area contributed by atoms with Crippen LogP contribution >= 0.6 is 0 Å². The van der Waals surface area contributed by atoms with Gasteiger partial charge in [0.25, 0.3) is 0 Å². The molecule has 0 saturated carbocycles. The van der Waals surface area contributed by atoms with Crippen LogP contribution < -0.4 is 0 Å². The molecule has 1 aliphatic rings. The van der Waals surface area contributed by atoms with E-state index in [4.69, 9.17) is 0 Å². The molecule has 0 spiro atoms. The first-order valence-electron chi connectivity index (χ1n) is 9.69. The van der Waals surface area contributed by atoms with Crippen LogP contribution in [0.25, 0.3) is 11.1 Å². The van der Waals surface area contributed by atoms with Gasteiger partial charge in [0.05, 0.1) is 6.20 Å². The Bertz CT molecular complexity index is 967. The Kier molecular flexibility index (Phi) is 5.35. The fraction of sp³-hybridized carbons (Fsp3) is 0.304. The fourth-order valence-electron chi connectivity index (χ4n) is 3.98. The van der Waals surface area contributed by atoms with Crippen LogP contribution in [0.5, 0.6) is 0 Å². The lowest BCUT2D eigenvalue weighted by Gasteiger charge is -2.31. The van der Waals surface area contributed by atoms with E-state index in [1.807, 2.05) is 49.8 Å². The molecule has 0 N–H and O–H groups in total. The molecule has 5 heteroatoms. The largest absolute Gasteiger partial charge is 0.298 e. The number of halogens is 1. The summed E-state index contributed by atoms with van der Waals surface area (Å²) in [5.74, 6) is -0.401. The maximum Gasteiger partial charge on any atom is 0.167 e. The molecule has 1 fully saturated rings. The molecule has 0 amide bonds. The molecule has 1 atom stereocenters. The normalized spacial score (nSPS) is 17.6. The van der Waals surface area contributed by atoms with E-state index in [9.17, 15) is 9.18 Å². The molecule has 0 unspecified atom stereocenters. The van der Waals surface area contributed by atoms with Crippen LogP contribution in [0, 0.1) is 11.7 Å². The zero-order valence-electron chi connectivity index (χ0n) is 16.0. The number of benzene rings is 2. The van der Waals surface area contributed by atoms with Crippen molar-refractivity contribution >= 4 is 5.78 Å². The Labute approximate surface area is 164 Å². The number of likely N-dealkylation sites (tertiary alicyclic amines) is 1. The predicted octanol–water partition coefficient (Wildman–Crippen LogP) is 4.32. The number of piperidine rings is 1. The Hall–Kier alpha value is -2.79. The third kappa shape index (κ3) is 4.04. The summed E-state index contributed by atoms with van der Waals surface area (Å²) in [6.45, 7) is 2.47. The van der Waals surface area contributed by atoms with Gasteiger partial charge in [0.15, 0.2) is 5.78 Å². The number of aryl methyl sites for hydroxylation is 1. The van der Waals surface area contributed by atoms with Gasteiger partial charge in [-0.05, 0) is 31.0 Å². The summed E-state index contributed by atoms with van der Waals surface area (Å²) in [6, 6.07) is 14.3. The molecule has 2 heterocycles. The van der Waals surface area contributed by atoms with Crippen molar-refractivity contribution in [2.24, 2.45) is 13.0 Å². The van der Waals surface area contributed by atoms with E-state index in [1.54, 1.807) is 16.8 Å². The molecule has 1 aromatic heterocycles. The topological polar surface area (TPSA) is 38.1 Å². The molecule has 0 bridgehead atoms. The Balaban J connectivity index is 1.47. The molecule has 1 aliphatic heterocycles. The molecule has 1 saturated heterocycles. The van der Waals surface area contributed by atoms with Crippen LogP contribution in [0.1, 0.15) is 28.8 Å². The van der Waals surface area contributed by atoms with Gasteiger partial charge in [0.1, 0.15) is 5.82 Å². The summed E-state index contributed by atoms with van der Waals surface area (Å²) < 4.78 is 16.4. The van der Waals surface area contributed by atoms with Gasteiger partial charge in [-0.3, -0.25) is 14.4 Å². The quantitative estimate of drug-likeness (QED) is 0.622. The highest BCUT2D eigenvalue weighted by molar-refractivity contribution is 5.98. The maximum atomic E-state index is 14.7. The van der Waals surface area contributed by atoms with Gasteiger partial charge < -0.3 is 0 Å². The minimum atomic E-state index is -0.347. The minimum absolute atomic E-state index is 0.0365. The second-order valence-corrected chi connectivity index (χ2v) is 7.52. The average molecular weight is 377 g/mol. The number of aromatic nitrogens is 2. The molecule has 0 aliphatic carbocycles. The zero-order valence-corrected chi connectivity index (χ0v) is 16.0. The van der Waals surface area contributed by atoms with Gasteiger partial charge in [-0.25, -0.2) is 4.39 Å². The maximum absolute atomic E-state index is 14.7. The fourth-order valence-corrected chi connectivity index (χ4v) is 3.98. The van der Waals surface area contributed by atoms with Gasteiger partial charge in [-0.1, -0.05) is 42.5 Å². The molecule has 2 aromatic carbocycles. The third-order valence-electron chi connectivity index (χ3n) is 5.38. The number of carbonyl (C=O) groups is 1. The van der Waals surface area contributed by atoms with E-state index in [0.717, 1.165) is 37.1 Å². The number of hydrogen-bond donors (Lipinski definition) is 0. The van der Waals surface area contributed by atoms with Gasteiger partial charge in [0.2, 0.25) is 0 Å². The molecule has 144 valence electrons. The standard InChI is InChI=1S/C23H24FN3O/c1-26-14-17(13-25-26)15-27-11-5-8-20(16-27)23(28)19-9-10-21(22(24)12-19)18-6-3-2-4-7-18/h2-4,6-7,9-10,12-14,20H,5,8,11,15-16H2,1H3/t20-/m0/s1. The van der Waals surface area contributed by atoms with Gasteiger partial charge in [-0.2, -0.15) is 5.10 Å². The van der Waals surface area contributed by atoms with Crippen molar-refractivity contribution in [3.05, 3.63) is 77.9 Å². The second-order valence-electron chi connectivity index (χ2n) is 7.52. The van der Waals surface area contributed by atoms with Crippen molar-refractivity contribution in [2.75, 3.05) is 13.1 Å². The number of hydrogen-bond acceptors (Lipinski definition) is 3. The Morgan fingerprint density at radius 3 is 2.75 bits per heavy atom. The van der Waals surface area contributed by atoms with E-state index in [-0.39, 0.29) is 17.5 Å². The third-order valence-corrected chi connectivity index (χ3v) is 5.38. The van der Waals surface area contributed by atoms with Crippen LogP contribution in [0.2, 0.25) is 0 Å². The molecule has 28 heavy (non-hydrogen) atoms. The lowest BCUT2D eigenvalue weighted by molar-refractivity contribution is 0.0811. The SMILES string of the molecule is Cn1cc(CN2CCC[C@H](C(=O)c3ccc(-c4ccccc4)c(F)c3)C2)cn1. The van der Waals surface area contributed by atoms with Crippen molar-refractivity contribution in [3.63, 3.8) is 0 Å². The number of ketones is 1. The first kappa shape index (κ1) is 18.6. The van der Waals surface area contributed by atoms with Crippen molar-refractivity contribution < 1.29 is 9.18 Å². The summed E-state index contributed by atoms with van der Waals surface area (Å²) in [5.41, 5.74) is 2.96. The molecule has 4 rings (SSSR count). The minimum Gasteiger partial charge on any atom is -0.298 e. The van der Waals surface area contributed by atoms with E-state index < -0.39 is 0 Å². The molecule has 0 radical (unpaired) electrons. The lowest BCUT2D eigenvalue weighted by atomic mass is 9.89. The monoisotopic (exact) mass is 377 g/mol. The van der Waals surface area contributed by atoms with E-state index in [1.165, 1.54) is 6.07 Å². The smallest absolute Gasteiger partial charge is 0.167 e. The summed E-state index contributed by atoms with van der Waals surface area (Å²) in [5, 5.41) is 4.21. The molecular weight excluding hydrogens is 353 g/mol. The van der Waals surface area contributed by atoms with Crippen molar-refractivity contribution in [3.8, 4) is 11.1 Å². The van der Waals surface area contributed by atoms with Crippen LogP contribution in [-0.2, 0) is 13.6 Å². The van der Waals surface area contributed by atoms with Gasteiger partial charge >= 0.3 is 0 Å². The highest BCUT2D eigenvalue weighted by atomic mass is 19.1. The summed E-state index contributed by atoms with van der Waals surface area (Å²) in [6.07, 6.45) is 5.69. The van der Waals surface area contributed by atoms with Crippen molar-refractivity contribution in [1.82, 2.24) is 14.7 Å². The molecule has 3 aromatic rings. The highest BCUT2D eigenvalue weighted by Gasteiger charge is 2.27. The van der Waals surface area contributed by atoms with Crippen LogP contribution in [-0.4, -0.2) is 33.6 Å². The van der Waals surface area contributed by atoms with Crippen molar-refractivity contribution in [2.45, 2.75) is 19.4 Å². The van der Waals surface area contributed by atoms with Gasteiger partial charge in [-0.15, -0.1) is 0 Å². The highest BCUT2D eigenvalue weighted by Crippen LogP contribution is 2.27. The lowest BCUT2D eigenvalue weighted by Crippen LogP contribution is -2.38. The summed E-state index contributed by atoms with van der Waals surface area (Å²) >= 11 is 0. The first-order valence-corrected chi connectivity index (χ1v) is 9.69. The van der Waals surface area contributed by atoms with Crippen LogP contribution in [0.3, 0.4) is 0 Å². The first-order chi connectivity index (χ1) is 13.6. The van der Waals surface area contributed by atoms with E-state index in [2.05, 4.69) is 10.00 Å². The Morgan fingerprint density at radius 1 is 1.21 bits per heavy atom. The number of carbonyl (C=O) groups excluding carboxylic acids is 1. The zero-order chi connectivity index (χ0) is 19.5. The molecule has 4 nitrogen and oxygen atoms in total. The number of nitrogens with zero attached hydrogens (tertiary/aromatic N) is 3. The van der Waals surface area contributed by atoms with Crippen molar-refractivity contribution in [1.29, 1.82) is 0 Å². The molecular formula is C23H24FN3O.